The molecule has 72 valence electrons. The lowest BCUT2D eigenvalue weighted by Gasteiger charge is -1.97. The first-order chi connectivity index (χ1) is 6.83. The van der Waals surface area contributed by atoms with Gasteiger partial charge in [-0.15, -0.1) is 0 Å². The summed E-state index contributed by atoms with van der Waals surface area (Å²) in [6, 6.07) is 7.67. The van der Waals surface area contributed by atoms with Crippen LogP contribution in [-0.2, 0) is 0 Å². The van der Waals surface area contributed by atoms with Crippen molar-refractivity contribution in [2.75, 3.05) is 6.54 Å². The molecule has 0 unspecified atom stereocenters. The first-order valence-corrected chi connectivity index (χ1v) is 5.23. The van der Waals surface area contributed by atoms with E-state index >= 15 is 0 Å². The highest BCUT2D eigenvalue weighted by Gasteiger charge is 2.11. The van der Waals surface area contributed by atoms with Gasteiger partial charge in [0.15, 0.2) is 0 Å². The third-order valence-corrected chi connectivity index (χ3v) is 2.80. The Morgan fingerprint density at radius 3 is 3.07 bits per heavy atom. The van der Waals surface area contributed by atoms with Gasteiger partial charge >= 0.3 is 0 Å². The summed E-state index contributed by atoms with van der Waals surface area (Å²) in [5, 5.41) is 3.71. The molecule has 0 spiro atoms. The van der Waals surface area contributed by atoms with E-state index in [4.69, 9.17) is 0 Å². The van der Waals surface area contributed by atoms with Crippen LogP contribution >= 0.6 is 11.5 Å². The summed E-state index contributed by atoms with van der Waals surface area (Å²) in [6.07, 6.45) is 0. The number of benzene rings is 1. The van der Waals surface area contributed by atoms with Gasteiger partial charge in [-0.3, -0.25) is 4.79 Å². The van der Waals surface area contributed by atoms with Gasteiger partial charge in [0.1, 0.15) is 4.88 Å². The van der Waals surface area contributed by atoms with Crippen LogP contribution in [0, 0.1) is 0 Å². The summed E-state index contributed by atoms with van der Waals surface area (Å²) in [5.41, 5.74) is 0.888. The maximum atomic E-state index is 11.6. The highest BCUT2D eigenvalue weighted by Crippen LogP contribution is 2.21. The number of nitrogens with zero attached hydrogens (tertiary/aromatic N) is 1. The minimum Gasteiger partial charge on any atom is -0.352 e. The molecule has 4 heteroatoms. The smallest absolute Gasteiger partial charge is 0.263 e. The highest BCUT2D eigenvalue weighted by atomic mass is 32.1. The largest absolute Gasteiger partial charge is 0.352 e. The van der Waals surface area contributed by atoms with Crippen molar-refractivity contribution < 1.29 is 4.79 Å². The molecule has 1 amide bonds. The quantitative estimate of drug-likeness (QED) is 0.817. The number of carbonyl (C=O) groups is 1. The monoisotopic (exact) mass is 206 g/mol. The van der Waals surface area contributed by atoms with Gasteiger partial charge in [0.2, 0.25) is 0 Å². The van der Waals surface area contributed by atoms with E-state index in [1.54, 1.807) is 0 Å². The molecule has 14 heavy (non-hydrogen) atoms. The Kier molecular flexibility index (Phi) is 2.45. The van der Waals surface area contributed by atoms with Gasteiger partial charge in [0.25, 0.3) is 5.91 Å². The van der Waals surface area contributed by atoms with Crippen LogP contribution in [0.4, 0.5) is 0 Å². The average Bonchev–Trinajstić information content (AvgIpc) is 2.61. The summed E-state index contributed by atoms with van der Waals surface area (Å²) >= 11 is 1.25. The van der Waals surface area contributed by atoms with Gasteiger partial charge in [-0.25, -0.2) is 0 Å². The van der Waals surface area contributed by atoms with Gasteiger partial charge in [-0.1, -0.05) is 18.2 Å². The van der Waals surface area contributed by atoms with E-state index in [9.17, 15) is 4.79 Å². The topological polar surface area (TPSA) is 42.0 Å². The molecule has 1 heterocycles. The Morgan fingerprint density at radius 2 is 2.29 bits per heavy atom. The molecule has 1 aromatic carbocycles. The van der Waals surface area contributed by atoms with Crippen LogP contribution in [0.15, 0.2) is 24.3 Å². The van der Waals surface area contributed by atoms with Gasteiger partial charge < -0.3 is 5.32 Å². The molecule has 2 rings (SSSR count). The van der Waals surface area contributed by atoms with Crippen LogP contribution < -0.4 is 5.32 Å². The van der Waals surface area contributed by atoms with Crippen LogP contribution in [0.3, 0.4) is 0 Å². The Bertz CT molecular complexity index is 464. The molecule has 0 saturated heterocycles. The molecule has 0 radical (unpaired) electrons. The predicted molar refractivity (Wildman–Crippen MR) is 57.6 cm³/mol. The number of fused-ring (bicyclic) bond motifs is 1. The Labute approximate surface area is 85.9 Å². The molecule has 0 atom stereocenters. The Balaban J connectivity index is 2.47. The van der Waals surface area contributed by atoms with Crippen molar-refractivity contribution in [3.05, 3.63) is 29.1 Å². The molecule has 0 fully saturated rings. The standard InChI is InChI=1S/C10H10N2OS/c1-2-11-10(13)9-7-5-3-4-6-8(7)12-14-9/h3-6H,2H2,1H3,(H,11,13). The first kappa shape index (κ1) is 9.15. The lowest BCUT2D eigenvalue weighted by molar-refractivity contribution is 0.0961. The molecule has 0 aliphatic carbocycles. The van der Waals surface area contributed by atoms with Crippen molar-refractivity contribution >= 4 is 28.3 Å². The first-order valence-electron chi connectivity index (χ1n) is 4.45. The summed E-state index contributed by atoms with van der Waals surface area (Å²) in [5.74, 6) is -0.0359. The van der Waals surface area contributed by atoms with E-state index in [2.05, 4.69) is 9.69 Å². The van der Waals surface area contributed by atoms with Crippen LogP contribution in [-0.4, -0.2) is 16.8 Å². The fraction of sp³-hybridized carbons (Fsp3) is 0.200. The van der Waals surface area contributed by atoms with Gasteiger partial charge in [-0.2, -0.15) is 4.37 Å². The van der Waals surface area contributed by atoms with Crippen molar-refractivity contribution in [2.24, 2.45) is 0 Å². The van der Waals surface area contributed by atoms with Crippen molar-refractivity contribution in [3.8, 4) is 0 Å². The van der Waals surface area contributed by atoms with Crippen molar-refractivity contribution in [3.63, 3.8) is 0 Å². The second-order valence-electron chi connectivity index (χ2n) is 2.89. The van der Waals surface area contributed by atoms with Crippen LogP contribution in [0.25, 0.3) is 10.9 Å². The third-order valence-electron chi connectivity index (χ3n) is 1.93. The van der Waals surface area contributed by atoms with Crippen molar-refractivity contribution in [2.45, 2.75) is 6.92 Å². The zero-order valence-corrected chi connectivity index (χ0v) is 8.60. The summed E-state index contributed by atoms with van der Waals surface area (Å²) < 4.78 is 4.20. The van der Waals surface area contributed by atoms with Crippen molar-refractivity contribution in [1.29, 1.82) is 0 Å². The number of amides is 1. The fourth-order valence-corrected chi connectivity index (χ4v) is 2.07. The van der Waals surface area contributed by atoms with Crippen molar-refractivity contribution in [1.82, 2.24) is 9.69 Å². The highest BCUT2D eigenvalue weighted by molar-refractivity contribution is 7.09. The number of carbonyl (C=O) groups excluding carboxylic acids is 1. The summed E-state index contributed by atoms with van der Waals surface area (Å²) in [4.78, 5) is 12.3. The molecular formula is C10H10N2OS. The maximum absolute atomic E-state index is 11.6. The van der Waals surface area contributed by atoms with E-state index in [0.29, 0.717) is 11.4 Å². The predicted octanol–water partition coefficient (Wildman–Crippen LogP) is 2.05. The zero-order valence-electron chi connectivity index (χ0n) is 7.78. The van der Waals surface area contributed by atoms with E-state index in [-0.39, 0.29) is 5.91 Å². The van der Waals surface area contributed by atoms with E-state index in [0.717, 1.165) is 10.9 Å². The third kappa shape index (κ3) is 1.48. The second-order valence-corrected chi connectivity index (χ2v) is 3.66. The van der Waals surface area contributed by atoms with E-state index < -0.39 is 0 Å². The molecule has 1 N–H and O–H groups in total. The SMILES string of the molecule is CCNC(=O)c1snc2ccccc12. The van der Waals surface area contributed by atoms with Crippen LogP contribution in [0.5, 0.6) is 0 Å². The molecule has 1 aromatic heterocycles. The molecule has 0 aliphatic rings. The fourth-order valence-electron chi connectivity index (χ4n) is 1.29. The number of aromatic nitrogens is 1. The average molecular weight is 206 g/mol. The minimum atomic E-state index is -0.0359. The maximum Gasteiger partial charge on any atom is 0.263 e. The summed E-state index contributed by atoms with van der Waals surface area (Å²) in [7, 11) is 0. The van der Waals surface area contributed by atoms with Gasteiger partial charge in [0, 0.05) is 11.9 Å². The molecule has 0 bridgehead atoms. The lowest BCUT2D eigenvalue weighted by atomic mass is 10.2. The molecule has 0 saturated carbocycles. The molecular weight excluding hydrogens is 196 g/mol. The van der Waals surface area contributed by atoms with E-state index in [1.807, 2.05) is 31.2 Å². The number of rotatable bonds is 2. The number of nitrogens with one attached hydrogen (secondary N) is 1. The normalized spacial score (nSPS) is 10.4. The van der Waals surface area contributed by atoms with Gasteiger partial charge in [0.05, 0.1) is 5.52 Å². The van der Waals surface area contributed by atoms with Gasteiger partial charge in [-0.05, 0) is 24.5 Å². The molecule has 2 aromatic rings. The second kappa shape index (κ2) is 3.75. The van der Waals surface area contributed by atoms with Crippen LogP contribution in [0.2, 0.25) is 0 Å². The lowest BCUT2D eigenvalue weighted by Crippen LogP contribution is -2.21. The summed E-state index contributed by atoms with van der Waals surface area (Å²) in [6.45, 7) is 2.55. The van der Waals surface area contributed by atoms with E-state index in [1.165, 1.54) is 11.5 Å². The molecule has 3 nitrogen and oxygen atoms in total. The number of hydrogen-bond donors (Lipinski definition) is 1. The number of hydrogen-bond acceptors (Lipinski definition) is 3. The Morgan fingerprint density at radius 1 is 1.50 bits per heavy atom. The Hall–Kier alpha value is -1.42. The molecule has 0 aliphatic heterocycles. The zero-order chi connectivity index (χ0) is 9.97. The minimum absolute atomic E-state index is 0.0359. The van der Waals surface area contributed by atoms with Crippen LogP contribution in [0.1, 0.15) is 16.6 Å².